The van der Waals surface area contributed by atoms with Crippen molar-refractivity contribution in [1.29, 1.82) is 0 Å². The van der Waals surface area contributed by atoms with E-state index < -0.39 is 5.60 Å². The average molecular weight is 1060 g/mol. The van der Waals surface area contributed by atoms with E-state index in [9.17, 15) is 9.59 Å². The number of aromatic nitrogens is 4. The predicted octanol–water partition coefficient (Wildman–Crippen LogP) is 11.6. The molecular formula is C60H94ClN9O5. The number of nitrogens with zero attached hydrogens (tertiary/aromatic N) is 8. The molecule has 11 rings (SSSR count). The van der Waals surface area contributed by atoms with Crippen LogP contribution in [0.15, 0.2) is 39.4 Å². The minimum absolute atomic E-state index is 0.117. The van der Waals surface area contributed by atoms with E-state index in [1.165, 1.54) is 82.6 Å². The van der Waals surface area contributed by atoms with Crippen LogP contribution in [0.2, 0.25) is 0 Å². The molecule has 0 radical (unpaired) electrons. The number of ether oxygens (including phenoxy) is 1. The molecule has 1 aromatic carbocycles. The zero-order chi connectivity index (χ0) is 53.1. The van der Waals surface area contributed by atoms with Gasteiger partial charge >= 0.3 is 6.09 Å². The summed E-state index contributed by atoms with van der Waals surface area (Å²) in [5, 5.41) is 12.5. The summed E-state index contributed by atoms with van der Waals surface area (Å²) in [5.74, 6) is 6.46. The second-order valence-corrected chi connectivity index (χ2v) is 26.8. The van der Waals surface area contributed by atoms with Gasteiger partial charge in [0, 0.05) is 72.4 Å². The lowest BCUT2D eigenvalue weighted by Gasteiger charge is -2.31. The Balaban J connectivity index is 0.000000153. The normalized spacial score (nSPS) is 30.9. The smallest absolute Gasteiger partial charge is 0.410 e. The van der Waals surface area contributed by atoms with Crippen LogP contribution in [-0.4, -0.2) is 142 Å². The molecule has 2 heterocycles. The molecule has 416 valence electrons. The van der Waals surface area contributed by atoms with Crippen molar-refractivity contribution in [3.63, 3.8) is 0 Å². The molecule has 0 aliphatic heterocycles. The van der Waals surface area contributed by atoms with Gasteiger partial charge in [-0.05, 0) is 208 Å². The van der Waals surface area contributed by atoms with Gasteiger partial charge in [0.05, 0.1) is 5.41 Å². The Hall–Kier alpha value is -3.43. The number of hydrogen-bond donors (Lipinski definition) is 1. The molecule has 0 unspecified atom stereocenters. The van der Waals surface area contributed by atoms with E-state index in [4.69, 9.17) is 35.4 Å². The third-order valence-electron chi connectivity index (χ3n) is 19.1. The molecule has 0 saturated heterocycles. The van der Waals surface area contributed by atoms with Gasteiger partial charge in [-0.15, -0.1) is 0 Å². The van der Waals surface area contributed by atoms with Crippen LogP contribution in [0.1, 0.15) is 215 Å². The molecule has 0 bridgehead atoms. The molecule has 4 atom stereocenters. The SMILES string of the molecule is CN(C)C1CCC(C(=O)Cl)CC1.CN(C)C1CCC(c2nc(C3(CN(C(=O)OC(C)(C)C)[C@@H]4C[C@H]4C4CCCCC4)CC3)no2)CC1.CN(C)C1CCC(c2nc(C3(CN[C@@H]4C[C@H]4c4ccccc4)CC3)no2)CC1. The van der Waals surface area contributed by atoms with Gasteiger partial charge in [0.1, 0.15) is 5.60 Å². The highest BCUT2D eigenvalue weighted by Gasteiger charge is 2.56. The molecule has 2 aromatic heterocycles. The van der Waals surface area contributed by atoms with E-state index in [1.54, 1.807) is 0 Å². The minimum Gasteiger partial charge on any atom is -0.444 e. The van der Waals surface area contributed by atoms with Crippen LogP contribution in [0.25, 0.3) is 0 Å². The van der Waals surface area contributed by atoms with Gasteiger partial charge in [-0.25, -0.2) is 4.79 Å². The van der Waals surface area contributed by atoms with Gasteiger partial charge < -0.3 is 38.7 Å². The summed E-state index contributed by atoms with van der Waals surface area (Å²) < 4.78 is 17.5. The van der Waals surface area contributed by atoms with Gasteiger partial charge in [-0.1, -0.05) is 72.7 Å². The van der Waals surface area contributed by atoms with Crippen LogP contribution in [0, 0.1) is 17.8 Å². The average Bonchev–Trinajstić information content (AvgIpc) is 4.32. The molecule has 14 nitrogen and oxygen atoms in total. The fourth-order valence-corrected chi connectivity index (χ4v) is 13.6. The Morgan fingerprint density at radius 2 is 1.16 bits per heavy atom. The van der Waals surface area contributed by atoms with Crippen molar-refractivity contribution >= 4 is 22.9 Å². The van der Waals surface area contributed by atoms with Crippen LogP contribution in [0.3, 0.4) is 0 Å². The maximum absolute atomic E-state index is 13.4. The molecule has 1 amide bonds. The van der Waals surface area contributed by atoms with Crippen molar-refractivity contribution in [1.82, 2.24) is 45.2 Å². The minimum atomic E-state index is -0.494. The number of carbonyl (C=O) groups is 2. The van der Waals surface area contributed by atoms with E-state index in [0.717, 1.165) is 107 Å². The van der Waals surface area contributed by atoms with Crippen LogP contribution >= 0.6 is 11.6 Å². The first-order chi connectivity index (χ1) is 35.9. The predicted molar refractivity (Wildman–Crippen MR) is 295 cm³/mol. The first-order valence-corrected chi connectivity index (χ1v) is 29.9. The molecule has 8 aliphatic carbocycles. The fraction of sp³-hybridized carbons (Fsp3) is 0.800. The Kier molecular flexibility index (Phi) is 18.2. The molecule has 8 fully saturated rings. The van der Waals surface area contributed by atoms with Crippen LogP contribution in [0.5, 0.6) is 0 Å². The Morgan fingerprint density at radius 3 is 1.63 bits per heavy atom. The first-order valence-electron chi connectivity index (χ1n) is 29.6. The fourth-order valence-electron chi connectivity index (χ4n) is 13.4. The lowest BCUT2D eigenvalue weighted by atomic mass is 9.85. The summed E-state index contributed by atoms with van der Waals surface area (Å²) in [6.45, 7) is 7.50. The van der Waals surface area contributed by atoms with Crippen molar-refractivity contribution in [3.8, 4) is 0 Å². The summed E-state index contributed by atoms with van der Waals surface area (Å²) in [7, 11) is 12.9. The van der Waals surface area contributed by atoms with Gasteiger partial charge in [-0.2, -0.15) is 9.97 Å². The summed E-state index contributed by atoms with van der Waals surface area (Å²) in [4.78, 5) is 43.0. The highest BCUT2D eigenvalue weighted by molar-refractivity contribution is 6.64. The van der Waals surface area contributed by atoms with Crippen molar-refractivity contribution in [2.45, 2.75) is 233 Å². The van der Waals surface area contributed by atoms with Gasteiger partial charge in [0.15, 0.2) is 11.6 Å². The van der Waals surface area contributed by atoms with Gasteiger partial charge in [-0.3, -0.25) is 4.79 Å². The number of amides is 1. The Morgan fingerprint density at radius 1 is 0.667 bits per heavy atom. The zero-order valence-electron chi connectivity index (χ0n) is 47.4. The lowest BCUT2D eigenvalue weighted by molar-refractivity contribution is -0.116. The Labute approximate surface area is 454 Å². The third-order valence-corrected chi connectivity index (χ3v) is 19.4. The summed E-state index contributed by atoms with van der Waals surface area (Å²) in [6.07, 6.45) is 26.7. The van der Waals surface area contributed by atoms with Crippen molar-refractivity contribution in [2.24, 2.45) is 17.8 Å². The topological polar surface area (TPSA) is 146 Å². The molecule has 8 saturated carbocycles. The maximum atomic E-state index is 13.4. The van der Waals surface area contributed by atoms with Crippen molar-refractivity contribution in [2.75, 3.05) is 55.4 Å². The lowest BCUT2D eigenvalue weighted by Crippen LogP contribution is -2.43. The molecular weight excluding hydrogens is 962 g/mol. The molecule has 1 N–H and O–H groups in total. The zero-order valence-corrected chi connectivity index (χ0v) is 48.2. The number of rotatable bonds is 16. The second-order valence-electron chi connectivity index (χ2n) is 26.4. The first kappa shape index (κ1) is 56.3. The van der Waals surface area contributed by atoms with Crippen LogP contribution < -0.4 is 5.32 Å². The summed E-state index contributed by atoms with van der Waals surface area (Å²) >= 11 is 5.43. The van der Waals surface area contributed by atoms with E-state index in [2.05, 4.69) is 108 Å². The monoisotopic (exact) mass is 1060 g/mol. The van der Waals surface area contributed by atoms with E-state index in [0.29, 0.717) is 60.4 Å². The van der Waals surface area contributed by atoms with Crippen LogP contribution in [-0.2, 0) is 20.4 Å². The van der Waals surface area contributed by atoms with E-state index in [-0.39, 0.29) is 28.1 Å². The molecule has 8 aliphatic rings. The van der Waals surface area contributed by atoms with Gasteiger partial charge in [0.25, 0.3) is 0 Å². The van der Waals surface area contributed by atoms with Crippen molar-refractivity contribution in [3.05, 3.63) is 59.3 Å². The molecule has 75 heavy (non-hydrogen) atoms. The largest absolute Gasteiger partial charge is 0.444 e. The van der Waals surface area contributed by atoms with E-state index >= 15 is 0 Å². The maximum Gasteiger partial charge on any atom is 0.410 e. The van der Waals surface area contributed by atoms with Gasteiger partial charge in [0.2, 0.25) is 17.0 Å². The number of nitrogens with one attached hydrogen (secondary N) is 1. The third kappa shape index (κ3) is 14.6. The molecule has 0 spiro atoms. The number of benzene rings is 1. The number of carbonyl (C=O) groups excluding carboxylic acids is 2. The summed E-state index contributed by atoms with van der Waals surface area (Å²) in [6, 6.07) is 13.8. The standard InChI is InChI=1S/C28H46N4O3.C23H32N4O.C9H16ClNO/c1-27(2,3)34-26(33)32(23-17-22(23)19-9-7-6-8-10-19)18-28(15-16-28)25-29-24(35-30-25)20-11-13-21(14-12-20)31(4)5;1-27(2)18-10-8-17(9-11-18)21-25-22(26-28-21)23(12-13-23)15-24-20-14-19(20)16-6-4-3-5-7-16;1-11(2)8-5-3-7(4-6-8)9(10)12/h19-23H,6-18H2,1-5H3;3-7,17-20,24H,8-15H2,1-2H3;7-8H,3-6H2,1-2H3/t20?,21?,22-,23+;17?,18?,19-,20+;/m00./s1. The van der Waals surface area contributed by atoms with Crippen molar-refractivity contribution < 1.29 is 23.4 Å². The highest BCUT2D eigenvalue weighted by atomic mass is 35.5. The highest BCUT2D eigenvalue weighted by Crippen LogP contribution is 2.53. The van der Waals surface area contributed by atoms with E-state index in [1.807, 2.05) is 20.8 Å². The summed E-state index contributed by atoms with van der Waals surface area (Å²) in [5.41, 5.74) is 0.914. The molecule has 3 aromatic rings. The number of halogens is 1. The molecule has 15 heteroatoms. The quantitative estimate of drug-likeness (QED) is 0.136. The second kappa shape index (κ2) is 24.3. The number of hydrogen-bond acceptors (Lipinski definition) is 13. The Bertz CT molecular complexity index is 2280. The van der Waals surface area contributed by atoms with Crippen LogP contribution in [0.4, 0.5) is 4.79 Å².